The van der Waals surface area contributed by atoms with Crippen LogP contribution in [0.5, 0.6) is 5.75 Å². The van der Waals surface area contributed by atoms with Crippen LogP contribution in [0.3, 0.4) is 0 Å². The van der Waals surface area contributed by atoms with Crippen molar-refractivity contribution >= 4 is 22.8 Å². The van der Waals surface area contributed by atoms with Crippen molar-refractivity contribution in [2.75, 3.05) is 13.2 Å². The summed E-state index contributed by atoms with van der Waals surface area (Å²) in [6, 6.07) is 15.0. The van der Waals surface area contributed by atoms with Crippen molar-refractivity contribution < 1.29 is 14.3 Å². The summed E-state index contributed by atoms with van der Waals surface area (Å²) in [6.45, 7) is 0.396. The Hall–Kier alpha value is -3.68. The number of benzene rings is 2. The molecule has 0 aliphatic heterocycles. The number of fused-ring (bicyclic) bond motifs is 1. The first-order chi connectivity index (χ1) is 15.1. The van der Waals surface area contributed by atoms with E-state index in [1.54, 1.807) is 12.1 Å². The van der Waals surface area contributed by atoms with Crippen LogP contribution in [0.15, 0.2) is 59.5 Å². The van der Waals surface area contributed by atoms with Crippen LogP contribution in [0, 0.1) is 0 Å². The molecule has 2 N–H and O–H groups in total. The van der Waals surface area contributed by atoms with Crippen LogP contribution < -0.4 is 20.9 Å². The third-order valence-corrected chi connectivity index (χ3v) is 5.03. The summed E-state index contributed by atoms with van der Waals surface area (Å²) in [5.41, 5.74) is 2.02. The molecule has 1 aliphatic carbocycles. The molecule has 0 atom stereocenters. The zero-order valence-electron chi connectivity index (χ0n) is 17.0. The van der Waals surface area contributed by atoms with Crippen LogP contribution in [-0.4, -0.2) is 40.6 Å². The predicted octanol–water partition coefficient (Wildman–Crippen LogP) is 1.41. The molecule has 2 aromatic carbocycles. The van der Waals surface area contributed by atoms with Gasteiger partial charge >= 0.3 is 0 Å². The molecule has 1 fully saturated rings. The molecule has 2 amide bonds. The second-order valence-electron chi connectivity index (χ2n) is 7.55. The van der Waals surface area contributed by atoms with Gasteiger partial charge in [0.15, 0.2) is 6.61 Å². The first-order valence-corrected chi connectivity index (χ1v) is 10.3. The number of carbonyl (C=O) groups is 2. The molecule has 0 spiro atoms. The smallest absolute Gasteiger partial charge is 0.269 e. The lowest BCUT2D eigenvalue weighted by atomic mass is 10.1. The number of nitrogens with one attached hydrogen (secondary N) is 2. The largest absolute Gasteiger partial charge is 0.484 e. The minimum Gasteiger partial charge on any atom is -0.484 e. The lowest BCUT2D eigenvalue weighted by Crippen LogP contribution is -2.33. The second kappa shape index (κ2) is 9.42. The highest BCUT2D eigenvalue weighted by molar-refractivity contribution is 5.80. The van der Waals surface area contributed by atoms with Crippen molar-refractivity contribution in [2.24, 2.45) is 0 Å². The standard InChI is InChI=1S/C23H24N4O4/c28-21(14-27-20-4-2-1-3-19(20)25-13-23(27)30)24-12-11-16-5-9-18(10-6-16)31-15-22(29)26-17-7-8-17/h1-6,9-10,13,17H,7-8,11-12,14-15H2,(H,24,28)(H,26,29). The normalized spacial score (nSPS) is 13.0. The highest BCUT2D eigenvalue weighted by Gasteiger charge is 2.23. The quantitative estimate of drug-likeness (QED) is 0.545. The Bertz CT molecular complexity index is 1140. The van der Waals surface area contributed by atoms with E-state index in [0.29, 0.717) is 35.8 Å². The molecule has 8 nitrogen and oxygen atoms in total. The number of amides is 2. The van der Waals surface area contributed by atoms with Crippen LogP contribution in [-0.2, 0) is 22.6 Å². The molecular weight excluding hydrogens is 396 g/mol. The van der Waals surface area contributed by atoms with Crippen LogP contribution in [0.1, 0.15) is 18.4 Å². The van der Waals surface area contributed by atoms with Crippen LogP contribution in [0.4, 0.5) is 0 Å². The van der Waals surface area contributed by atoms with Gasteiger partial charge in [0.2, 0.25) is 5.91 Å². The molecule has 31 heavy (non-hydrogen) atoms. The van der Waals surface area contributed by atoms with Gasteiger partial charge in [-0.3, -0.25) is 19.0 Å². The number of aromatic nitrogens is 2. The van der Waals surface area contributed by atoms with E-state index in [1.165, 1.54) is 10.8 Å². The Kier molecular flexibility index (Phi) is 6.26. The minimum atomic E-state index is -0.310. The third-order valence-electron chi connectivity index (χ3n) is 5.03. The predicted molar refractivity (Wildman–Crippen MR) is 116 cm³/mol. The Morgan fingerprint density at radius 1 is 1.06 bits per heavy atom. The van der Waals surface area contributed by atoms with E-state index >= 15 is 0 Å². The fourth-order valence-corrected chi connectivity index (χ4v) is 3.22. The number of hydrogen-bond acceptors (Lipinski definition) is 5. The Morgan fingerprint density at radius 2 is 1.84 bits per heavy atom. The molecule has 1 aliphatic rings. The Morgan fingerprint density at radius 3 is 2.61 bits per heavy atom. The van der Waals surface area contributed by atoms with Gasteiger partial charge < -0.3 is 15.4 Å². The topological polar surface area (TPSA) is 102 Å². The van der Waals surface area contributed by atoms with Gasteiger partial charge in [0.05, 0.1) is 17.2 Å². The molecule has 1 aromatic heterocycles. The summed E-state index contributed by atoms with van der Waals surface area (Å²) >= 11 is 0. The third kappa shape index (κ3) is 5.69. The van der Waals surface area contributed by atoms with E-state index in [-0.39, 0.29) is 30.5 Å². The van der Waals surface area contributed by atoms with Gasteiger partial charge in [-0.15, -0.1) is 0 Å². The number of para-hydroxylation sites is 2. The number of nitrogens with zero attached hydrogens (tertiary/aromatic N) is 2. The first-order valence-electron chi connectivity index (χ1n) is 10.3. The minimum absolute atomic E-state index is 0.00889. The Labute approximate surface area is 179 Å². The average Bonchev–Trinajstić information content (AvgIpc) is 3.59. The van der Waals surface area contributed by atoms with E-state index in [4.69, 9.17) is 4.74 Å². The molecule has 4 rings (SSSR count). The lowest BCUT2D eigenvalue weighted by molar-refractivity contribution is -0.123. The molecular formula is C23H24N4O4. The highest BCUT2D eigenvalue weighted by Crippen LogP contribution is 2.18. The molecule has 1 heterocycles. The van der Waals surface area contributed by atoms with Crippen molar-refractivity contribution in [3.05, 3.63) is 70.6 Å². The number of carbonyl (C=O) groups excluding carboxylic acids is 2. The van der Waals surface area contributed by atoms with Crippen LogP contribution in [0.2, 0.25) is 0 Å². The Balaban J connectivity index is 1.24. The highest BCUT2D eigenvalue weighted by atomic mass is 16.5. The van der Waals surface area contributed by atoms with Gasteiger partial charge in [-0.05, 0) is 49.1 Å². The fourth-order valence-electron chi connectivity index (χ4n) is 3.22. The van der Waals surface area contributed by atoms with Crippen molar-refractivity contribution in [3.63, 3.8) is 0 Å². The second-order valence-corrected chi connectivity index (χ2v) is 7.55. The SMILES string of the molecule is O=C(Cn1c(=O)cnc2ccccc21)NCCc1ccc(OCC(=O)NC2CC2)cc1. The molecule has 8 heteroatoms. The maximum Gasteiger partial charge on any atom is 0.269 e. The maximum atomic E-state index is 12.3. The molecule has 1 saturated carbocycles. The van der Waals surface area contributed by atoms with Crippen molar-refractivity contribution in [2.45, 2.75) is 31.8 Å². The van der Waals surface area contributed by atoms with Crippen molar-refractivity contribution in [3.8, 4) is 5.75 Å². The number of rotatable bonds is 9. The van der Waals surface area contributed by atoms with Gasteiger partial charge in [0.25, 0.3) is 11.5 Å². The molecule has 3 aromatic rings. The average molecular weight is 420 g/mol. The van der Waals surface area contributed by atoms with Gasteiger partial charge in [-0.1, -0.05) is 24.3 Å². The summed E-state index contributed by atoms with van der Waals surface area (Å²) in [6.07, 6.45) is 3.97. The van der Waals surface area contributed by atoms with Gasteiger partial charge in [0.1, 0.15) is 12.3 Å². The van der Waals surface area contributed by atoms with Crippen LogP contribution >= 0.6 is 0 Å². The maximum absolute atomic E-state index is 12.3. The van der Waals surface area contributed by atoms with Gasteiger partial charge in [0, 0.05) is 12.6 Å². The summed E-state index contributed by atoms with van der Waals surface area (Å²) in [4.78, 5) is 40.2. The van der Waals surface area contributed by atoms with E-state index in [2.05, 4.69) is 15.6 Å². The van der Waals surface area contributed by atoms with Crippen molar-refractivity contribution in [1.82, 2.24) is 20.2 Å². The first kappa shape index (κ1) is 20.6. The fraction of sp³-hybridized carbons (Fsp3) is 0.304. The lowest BCUT2D eigenvalue weighted by Gasteiger charge is -2.10. The monoisotopic (exact) mass is 420 g/mol. The molecule has 0 radical (unpaired) electrons. The van der Waals surface area contributed by atoms with Gasteiger partial charge in [-0.25, -0.2) is 4.98 Å². The number of hydrogen-bond donors (Lipinski definition) is 2. The van der Waals surface area contributed by atoms with Gasteiger partial charge in [-0.2, -0.15) is 0 Å². The summed E-state index contributed by atoms with van der Waals surface area (Å²) in [7, 11) is 0. The zero-order chi connectivity index (χ0) is 21.6. The molecule has 160 valence electrons. The summed E-state index contributed by atoms with van der Waals surface area (Å²) < 4.78 is 6.91. The van der Waals surface area contributed by atoms with E-state index in [9.17, 15) is 14.4 Å². The molecule has 0 saturated heterocycles. The van der Waals surface area contributed by atoms with E-state index in [0.717, 1.165) is 18.4 Å². The molecule has 0 bridgehead atoms. The van der Waals surface area contributed by atoms with E-state index < -0.39 is 0 Å². The summed E-state index contributed by atoms with van der Waals surface area (Å²) in [5.74, 6) is 0.290. The zero-order valence-corrected chi connectivity index (χ0v) is 17.0. The summed E-state index contributed by atoms with van der Waals surface area (Å²) in [5, 5.41) is 5.72. The van der Waals surface area contributed by atoms with Crippen LogP contribution in [0.25, 0.3) is 11.0 Å². The van der Waals surface area contributed by atoms with E-state index in [1.807, 2.05) is 36.4 Å². The van der Waals surface area contributed by atoms with Crippen molar-refractivity contribution in [1.29, 1.82) is 0 Å². The number of ether oxygens (including phenoxy) is 1. The molecule has 0 unspecified atom stereocenters.